The maximum absolute atomic E-state index is 11.6. The molecule has 1 aromatic carbocycles. The molecule has 0 bridgehead atoms. The number of aryl methyl sites for hydroxylation is 1. The molecule has 3 heteroatoms. The van der Waals surface area contributed by atoms with Crippen molar-refractivity contribution in [2.24, 2.45) is 0 Å². The zero-order valence-electron chi connectivity index (χ0n) is 11.6. The molecule has 1 aliphatic rings. The van der Waals surface area contributed by atoms with E-state index in [1.54, 1.807) is 0 Å². The van der Waals surface area contributed by atoms with Gasteiger partial charge in [0, 0.05) is 6.04 Å². The van der Waals surface area contributed by atoms with E-state index in [2.05, 4.69) is 17.4 Å². The van der Waals surface area contributed by atoms with E-state index in [4.69, 9.17) is 0 Å². The molecule has 1 aliphatic carbocycles. The summed E-state index contributed by atoms with van der Waals surface area (Å²) < 4.78 is 0. The van der Waals surface area contributed by atoms with E-state index < -0.39 is 11.5 Å². The molecule has 2 rings (SSSR count). The summed E-state index contributed by atoms with van der Waals surface area (Å²) in [7, 11) is 0. The Morgan fingerprint density at radius 2 is 1.95 bits per heavy atom. The molecule has 3 nitrogen and oxygen atoms in total. The van der Waals surface area contributed by atoms with E-state index in [-0.39, 0.29) is 0 Å². The van der Waals surface area contributed by atoms with Crippen molar-refractivity contribution in [2.45, 2.75) is 57.0 Å². The second-order valence-electron chi connectivity index (χ2n) is 5.75. The van der Waals surface area contributed by atoms with Crippen LogP contribution < -0.4 is 5.32 Å². The molecule has 1 saturated carbocycles. The van der Waals surface area contributed by atoms with Crippen LogP contribution in [0, 0.1) is 0 Å². The molecule has 1 atom stereocenters. The molecule has 1 unspecified atom stereocenters. The Kier molecular flexibility index (Phi) is 4.59. The third kappa shape index (κ3) is 3.80. The predicted octanol–water partition coefficient (Wildman–Crippen LogP) is 2.99. The van der Waals surface area contributed by atoms with Gasteiger partial charge in [-0.2, -0.15) is 0 Å². The Morgan fingerprint density at radius 1 is 1.32 bits per heavy atom. The maximum atomic E-state index is 11.6. The van der Waals surface area contributed by atoms with Gasteiger partial charge in [-0.05, 0) is 38.2 Å². The van der Waals surface area contributed by atoms with Crippen molar-refractivity contribution in [3.05, 3.63) is 35.9 Å². The normalized spacial score (nSPS) is 19.2. The fourth-order valence-corrected chi connectivity index (χ4v) is 2.80. The molecule has 2 N–H and O–H groups in total. The highest BCUT2D eigenvalue weighted by molar-refractivity contribution is 5.78. The van der Waals surface area contributed by atoms with Crippen molar-refractivity contribution < 1.29 is 9.90 Å². The average molecular weight is 261 g/mol. The van der Waals surface area contributed by atoms with Gasteiger partial charge in [0.2, 0.25) is 0 Å². The summed E-state index contributed by atoms with van der Waals surface area (Å²) in [5.41, 5.74) is 0.383. The number of hydrogen-bond donors (Lipinski definition) is 2. The first-order valence-corrected chi connectivity index (χ1v) is 7.15. The summed E-state index contributed by atoms with van der Waals surface area (Å²) in [6.45, 7) is 1.82. The van der Waals surface area contributed by atoms with Gasteiger partial charge in [0.1, 0.15) is 5.54 Å². The zero-order valence-corrected chi connectivity index (χ0v) is 11.6. The SMILES string of the molecule is CC(CCc1ccccc1)(NC1CCCC1)C(=O)O. The Balaban J connectivity index is 1.96. The fourth-order valence-electron chi connectivity index (χ4n) is 2.80. The van der Waals surface area contributed by atoms with Crippen molar-refractivity contribution in [2.75, 3.05) is 0 Å². The maximum Gasteiger partial charge on any atom is 0.323 e. The van der Waals surface area contributed by atoms with Crippen molar-refractivity contribution in [3.63, 3.8) is 0 Å². The lowest BCUT2D eigenvalue weighted by molar-refractivity contribution is -0.144. The molecule has 0 saturated heterocycles. The quantitative estimate of drug-likeness (QED) is 0.827. The molecular weight excluding hydrogens is 238 g/mol. The molecule has 0 heterocycles. The van der Waals surface area contributed by atoms with Crippen molar-refractivity contribution >= 4 is 5.97 Å². The molecule has 0 amide bonds. The van der Waals surface area contributed by atoms with E-state index in [0.29, 0.717) is 12.5 Å². The lowest BCUT2D eigenvalue weighted by Crippen LogP contribution is -2.53. The molecule has 1 aromatic rings. The van der Waals surface area contributed by atoms with Crippen LogP contribution in [0.1, 0.15) is 44.6 Å². The van der Waals surface area contributed by atoms with Crippen LogP contribution in [0.25, 0.3) is 0 Å². The third-order valence-corrected chi connectivity index (χ3v) is 4.11. The fraction of sp³-hybridized carbons (Fsp3) is 0.562. The number of carbonyl (C=O) groups is 1. The number of rotatable bonds is 6. The summed E-state index contributed by atoms with van der Waals surface area (Å²) in [5, 5.41) is 12.9. The highest BCUT2D eigenvalue weighted by Gasteiger charge is 2.35. The lowest BCUT2D eigenvalue weighted by atomic mass is 9.92. The van der Waals surface area contributed by atoms with E-state index in [1.807, 2.05) is 25.1 Å². The first kappa shape index (κ1) is 14.1. The van der Waals surface area contributed by atoms with Gasteiger partial charge >= 0.3 is 5.97 Å². The Morgan fingerprint density at radius 3 is 2.53 bits per heavy atom. The second-order valence-corrected chi connectivity index (χ2v) is 5.75. The van der Waals surface area contributed by atoms with Crippen molar-refractivity contribution in [1.29, 1.82) is 0 Å². The van der Waals surface area contributed by atoms with Crippen LogP contribution in [0.2, 0.25) is 0 Å². The smallest absolute Gasteiger partial charge is 0.323 e. The summed E-state index contributed by atoms with van der Waals surface area (Å²) in [4.78, 5) is 11.6. The molecule has 19 heavy (non-hydrogen) atoms. The monoisotopic (exact) mass is 261 g/mol. The van der Waals surface area contributed by atoms with Gasteiger partial charge in [-0.3, -0.25) is 10.1 Å². The minimum atomic E-state index is -0.815. The highest BCUT2D eigenvalue weighted by atomic mass is 16.4. The van der Waals surface area contributed by atoms with Crippen LogP contribution in [-0.4, -0.2) is 22.7 Å². The summed E-state index contributed by atoms with van der Waals surface area (Å²) in [6, 6.07) is 10.5. The van der Waals surface area contributed by atoms with Gasteiger partial charge < -0.3 is 5.11 Å². The minimum Gasteiger partial charge on any atom is -0.480 e. The van der Waals surface area contributed by atoms with Crippen LogP contribution in [0.5, 0.6) is 0 Å². The van der Waals surface area contributed by atoms with E-state index in [1.165, 1.54) is 18.4 Å². The number of benzene rings is 1. The Labute approximate surface area is 115 Å². The third-order valence-electron chi connectivity index (χ3n) is 4.11. The standard InChI is InChI=1S/C16H23NO2/c1-16(15(18)19,17-14-9-5-6-10-14)12-11-13-7-3-2-4-8-13/h2-4,7-8,14,17H,5-6,9-12H2,1H3,(H,18,19). The molecule has 0 radical (unpaired) electrons. The Bertz CT molecular complexity index is 412. The molecule has 1 fully saturated rings. The zero-order chi connectivity index (χ0) is 13.7. The van der Waals surface area contributed by atoms with Gasteiger partial charge in [0.05, 0.1) is 0 Å². The topological polar surface area (TPSA) is 49.3 Å². The molecule has 0 aliphatic heterocycles. The number of carboxylic acid groups (broad SMARTS) is 1. The molecular formula is C16H23NO2. The highest BCUT2D eigenvalue weighted by Crippen LogP contribution is 2.23. The largest absolute Gasteiger partial charge is 0.480 e. The van der Waals surface area contributed by atoms with Gasteiger partial charge in [-0.1, -0.05) is 43.2 Å². The van der Waals surface area contributed by atoms with E-state index in [9.17, 15) is 9.90 Å². The lowest BCUT2D eigenvalue weighted by Gasteiger charge is -2.30. The number of nitrogens with one attached hydrogen (secondary N) is 1. The van der Waals surface area contributed by atoms with Crippen LogP contribution in [0.4, 0.5) is 0 Å². The average Bonchev–Trinajstić information content (AvgIpc) is 2.90. The van der Waals surface area contributed by atoms with Crippen LogP contribution >= 0.6 is 0 Å². The van der Waals surface area contributed by atoms with E-state index >= 15 is 0 Å². The molecule has 0 aromatic heterocycles. The molecule has 104 valence electrons. The van der Waals surface area contributed by atoms with Gasteiger partial charge in [-0.25, -0.2) is 0 Å². The first-order chi connectivity index (χ1) is 9.10. The number of aliphatic carboxylic acids is 1. The predicted molar refractivity (Wildman–Crippen MR) is 76.2 cm³/mol. The minimum absolute atomic E-state index is 0.372. The van der Waals surface area contributed by atoms with Gasteiger partial charge in [0.25, 0.3) is 0 Å². The molecule has 0 spiro atoms. The van der Waals surface area contributed by atoms with E-state index in [0.717, 1.165) is 19.3 Å². The van der Waals surface area contributed by atoms with Crippen molar-refractivity contribution in [3.8, 4) is 0 Å². The summed E-state index contributed by atoms with van der Waals surface area (Å²) in [5.74, 6) is -0.740. The van der Waals surface area contributed by atoms with Crippen LogP contribution in [0.3, 0.4) is 0 Å². The van der Waals surface area contributed by atoms with Gasteiger partial charge in [0.15, 0.2) is 0 Å². The first-order valence-electron chi connectivity index (χ1n) is 7.15. The Hall–Kier alpha value is -1.35. The number of hydrogen-bond acceptors (Lipinski definition) is 2. The summed E-state index contributed by atoms with van der Waals surface area (Å²) >= 11 is 0. The van der Waals surface area contributed by atoms with Crippen LogP contribution in [0.15, 0.2) is 30.3 Å². The number of carboxylic acids is 1. The van der Waals surface area contributed by atoms with Crippen molar-refractivity contribution in [1.82, 2.24) is 5.32 Å². The second kappa shape index (κ2) is 6.20. The van der Waals surface area contributed by atoms with Crippen LogP contribution in [-0.2, 0) is 11.2 Å². The van der Waals surface area contributed by atoms with Gasteiger partial charge in [-0.15, -0.1) is 0 Å². The summed E-state index contributed by atoms with van der Waals surface area (Å²) in [6.07, 6.45) is 6.06.